The van der Waals surface area contributed by atoms with Crippen LogP contribution in [0.15, 0.2) is 42.5 Å². The van der Waals surface area contributed by atoms with E-state index in [-0.39, 0.29) is 5.91 Å². The number of aryl methyl sites for hydroxylation is 1. The van der Waals surface area contributed by atoms with E-state index in [0.29, 0.717) is 35.2 Å². The van der Waals surface area contributed by atoms with E-state index in [9.17, 15) is 4.79 Å². The van der Waals surface area contributed by atoms with Gasteiger partial charge in [0.25, 0.3) is 5.91 Å². The van der Waals surface area contributed by atoms with Gasteiger partial charge in [-0.25, -0.2) is 4.98 Å². The number of methoxy groups -OCH3 is 2. The van der Waals surface area contributed by atoms with Gasteiger partial charge in [-0.15, -0.1) is 11.3 Å². The zero-order chi connectivity index (χ0) is 21.7. The summed E-state index contributed by atoms with van der Waals surface area (Å²) in [5, 5.41) is 0.770. The molecule has 0 saturated carbocycles. The predicted molar refractivity (Wildman–Crippen MR) is 119 cm³/mol. The first-order valence-electron chi connectivity index (χ1n) is 9.63. The summed E-state index contributed by atoms with van der Waals surface area (Å²) >= 11 is 1.38. The Labute approximate surface area is 181 Å². The summed E-state index contributed by atoms with van der Waals surface area (Å²) < 4.78 is 16.1. The predicted octanol–water partition coefficient (Wildman–Crippen LogP) is 4.81. The first kappa shape index (κ1) is 21.6. The molecule has 6 nitrogen and oxygen atoms in total. The number of nitrogens with zero attached hydrogens (tertiary/aromatic N) is 2. The van der Waals surface area contributed by atoms with Gasteiger partial charge in [-0.2, -0.15) is 0 Å². The average molecular weight is 427 g/mol. The molecule has 0 aliphatic rings. The molecule has 1 aromatic heterocycles. The summed E-state index contributed by atoms with van der Waals surface area (Å²) in [5.74, 6) is 2.06. The lowest BCUT2D eigenvalue weighted by molar-refractivity contribution is 0.0789. The van der Waals surface area contributed by atoms with Crippen LogP contribution in [0.5, 0.6) is 17.2 Å². The van der Waals surface area contributed by atoms with Gasteiger partial charge >= 0.3 is 0 Å². The van der Waals surface area contributed by atoms with Crippen LogP contribution in [0.4, 0.5) is 0 Å². The van der Waals surface area contributed by atoms with Gasteiger partial charge in [0.05, 0.1) is 26.5 Å². The fourth-order valence-corrected chi connectivity index (χ4v) is 4.12. The zero-order valence-electron chi connectivity index (χ0n) is 17.9. The molecule has 0 fully saturated rings. The molecule has 0 unspecified atom stereocenters. The van der Waals surface area contributed by atoms with Crippen molar-refractivity contribution in [2.75, 3.05) is 27.9 Å². The number of amides is 1. The van der Waals surface area contributed by atoms with Crippen molar-refractivity contribution >= 4 is 17.2 Å². The molecule has 0 saturated heterocycles. The van der Waals surface area contributed by atoms with E-state index < -0.39 is 0 Å². The largest absolute Gasteiger partial charge is 0.494 e. The highest BCUT2D eigenvalue weighted by molar-refractivity contribution is 7.17. The smallest absolute Gasteiger partial charge is 0.265 e. The van der Waals surface area contributed by atoms with Crippen molar-refractivity contribution < 1.29 is 19.0 Å². The Kier molecular flexibility index (Phi) is 6.95. The van der Waals surface area contributed by atoms with Crippen LogP contribution in [0.25, 0.3) is 10.6 Å². The Morgan fingerprint density at radius 1 is 1.07 bits per heavy atom. The molecule has 3 rings (SSSR count). The molecule has 2 aromatic carbocycles. The van der Waals surface area contributed by atoms with Crippen molar-refractivity contribution in [2.45, 2.75) is 20.4 Å². The van der Waals surface area contributed by atoms with Crippen molar-refractivity contribution in [3.05, 3.63) is 58.6 Å². The molecule has 158 valence electrons. The van der Waals surface area contributed by atoms with Crippen molar-refractivity contribution in [1.29, 1.82) is 0 Å². The first-order valence-corrected chi connectivity index (χ1v) is 10.5. The third-order valence-electron chi connectivity index (χ3n) is 4.62. The lowest BCUT2D eigenvalue weighted by Crippen LogP contribution is -2.26. The Balaban J connectivity index is 1.77. The number of carbonyl (C=O) groups is 1. The number of ether oxygens (including phenoxy) is 3. The van der Waals surface area contributed by atoms with E-state index in [1.165, 1.54) is 11.3 Å². The van der Waals surface area contributed by atoms with Crippen molar-refractivity contribution in [3.63, 3.8) is 0 Å². The second kappa shape index (κ2) is 9.63. The highest BCUT2D eigenvalue weighted by Crippen LogP contribution is 2.35. The lowest BCUT2D eigenvalue weighted by Gasteiger charge is -2.17. The number of aromatic nitrogens is 1. The van der Waals surface area contributed by atoms with Crippen LogP contribution in [-0.2, 0) is 6.54 Å². The number of thiazole rings is 1. The zero-order valence-corrected chi connectivity index (χ0v) is 18.7. The number of hydrogen-bond acceptors (Lipinski definition) is 6. The number of rotatable bonds is 8. The van der Waals surface area contributed by atoms with Gasteiger partial charge in [-0.05, 0) is 49.7 Å². The molecule has 0 spiro atoms. The lowest BCUT2D eigenvalue weighted by atomic mass is 10.2. The fraction of sp³-hybridized carbons (Fsp3) is 0.304. The van der Waals surface area contributed by atoms with Crippen LogP contribution in [0.3, 0.4) is 0 Å². The third-order valence-corrected chi connectivity index (χ3v) is 5.82. The van der Waals surface area contributed by atoms with E-state index >= 15 is 0 Å². The van der Waals surface area contributed by atoms with E-state index in [4.69, 9.17) is 14.2 Å². The molecule has 30 heavy (non-hydrogen) atoms. The minimum absolute atomic E-state index is 0.0504. The summed E-state index contributed by atoms with van der Waals surface area (Å²) in [4.78, 5) is 20.0. The summed E-state index contributed by atoms with van der Waals surface area (Å²) in [7, 11) is 5.00. The number of benzene rings is 2. The topological polar surface area (TPSA) is 60.9 Å². The summed E-state index contributed by atoms with van der Waals surface area (Å²) in [5.41, 5.74) is 2.64. The maximum Gasteiger partial charge on any atom is 0.265 e. The second-order valence-electron chi connectivity index (χ2n) is 6.74. The van der Waals surface area contributed by atoms with Gasteiger partial charge in [-0.3, -0.25) is 4.79 Å². The molecule has 7 heteroatoms. The Morgan fingerprint density at radius 3 is 2.40 bits per heavy atom. The van der Waals surface area contributed by atoms with Crippen molar-refractivity contribution in [1.82, 2.24) is 9.88 Å². The van der Waals surface area contributed by atoms with Gasteiger partial charge in [0.15, 0.2) is 11.5 Å². The normalized spacial score (nSPS) is 10.6. The fourth-order valence-electron chi connectivity index (χ4n) is 3.06. The van der Waals surface area contributed by atoms with Gasteiger partial charge in [0, 0.05) is 19.2 Å². The standard InChI is InChI=1S/C23H26N2O4S/c1-6-29-18-10-7-16(8-11-18)14-25(3)23(26)21-15(2)24-22(30-21)17-9-12-19(27-4)20(13-17)28-5/h7-13H,6,14H2,1-5H3. The quantitative estimate of drug-likeness (QED) is 0.517. The number of hydrogen-bond donors (Lipinski definition) is 0. The third kappa shape index (κ3) is 4.74. The highest BCUT2D eigenvalue weighted by atomic mass is 32.1. The molecular formula is C23H26N2O4S. The molecular weight excluding hydrogens is 400 g/mol. The minimum atomic E-state index is -0.0504. The van der Waals surface area contributed by atoms with Crippen LogP contribution < -0.4 is 14.2 Å². The van der Waals surface area contributed by atoms with Crippen molar-refractivity contribution in [2.24, 2.45) is 0 Å². The maximum atomic E-state index is 13.0. The van der Waals surface area contributed by atoms with Crippen molar-refractivity contribution in [3.8, 4) is 27.8 Å². The van der Waals surface area contributed by atoms with E-state index in [2.05, 4.69) is 4.98 Å². The van der Waals surface area contributed by atoms with Gasteiger partial charge in [0.1, 0.15) is 15.6 Å². The molecule has 1 amide bonds. The monoisotopic (exact) mass is 426 g/mol. The molecule has 0 bridgehead atoms. The first-order chi connectivity index (χ1) is 14.5. The molecule has 0 radical (unpaired) electrons. The van der Waals surface area contributed by atoms with E-state index in [1.54, 1.807) is 26.2 Å². The average Bonchev–Trinajstić information content (AvgIpc) is 3.15. The van der Waals surface area contributed by atoms with Crippen LogP contribution >= 0.6 is 11.3 Å². The molecule has 0 aliphatic heterocycles. The van der Waals surface area contributed by atoms with Crippen LogP contribution in [-0.4, -0.2) is 43.7 Å². The van der Waals surface area contributed by atoms with Gasteiger partial charge in [0.2, 0.25) is 0 Å². The maximum absolute atomic E-state index is 13.0. The van der Waals surface area contributed by atoms with E-state index in [1.807, 2.05) is 56.3 Å². The SMILES string of the molecule is CCOc1ccc(CN(C)C(=O)c2sc(-c3ccc(OC)c(OC)c3)nc2C)cc1. The second-order valence-corrected chi connectivity index (χ2v) is 7.74. The molecule has 3 aromatic rings. The van der Waals surface area contributed by atoms with Crippen LogP contribution in [0.1, 0.15) is 27.9 Å². The minimum Gasteiger partial charge on any atom is -0.494 e. The number of carbonyl (C=O) groups excluding carboxylic acids is 1. The molecule has 1 heterocycles. The van der Waals surface area contributed by atoms with Gasteiger partial charge in [-0.1, -0.05) is 12.1 Å². The molecule has 0 atom stereocenters. The van der Waals surface area contributed by atoms with Gasteiger partial charge < -0.3 is 19.1 Å². The van der Waals surface area contributed by atoms with Crippen LogP contribution in [0, 0.1) is 6.92 Å². The summed E-state index contributed by atoms with van der Waals surface area (Å²) in [6.07, 6.45) is 0. The Bertz CT molecular complexity index is 1010. The van der Waals surface area contributed by atoms with Crippen LogP contribution in [0.2, 0.25) is 0 Å². The summed E-state index contributed by atoms with van der Waals surface area (Å²) in [6.45, 7) is 4.95. The molecule has 0 N–H and O–H groups in total. The Morgan fingerprint density at radius 2 is 1.77 bits per heavy atom. The summed E-state index contributed by atoms with van der Waals surface area (Å²) in [6, 6.07) is 13.4. The highest BCUT2D eigenvalue weighted by Gasteiger charge is 2.20. The van der Waals surface area contributed by atoms with E-state index in [0.717, 1.165) is 21.9 Å². The molecule has 0 aliphatic carbocycles. The Hall–Kier alpha value is -3.06.